The molecule has 0 amide bonds. The van der Waals surface area contributed by atoms with Crippen LogP contribution in [0.25, 0.3) is 0 Å². The highest BCUT2D eigenvalue weighted by Crippen LogP contribution is 2.37. The Morgan fingerprint density at radius 1 is 1.32 bits per heavy atom. The lowest BCUT2D eigenvalue weighted by atomic mass is 9.70. The number of hydrogen-bond donors (Lipinski definition) is 0. The maximum absolute atomic E-state index is 12.8. The number of carbonyl (C=O) groups is 2. The third-order valence-corrected chi connectivity index (χ3v) is 4.85. The number of benzene rings is 1. The minimum Gasteiger partial charge on any atom is -0.468 e. The Morgan fingerprint density at radius 3 is 2.64 bits per heavy atom. The summed E-state index contributed by atoms with van der Waals surface area (Å²) in [6.07, 6.45) is 3.86. The fourth-order valence-corrected chi connectivity index (χ4v) is 3.31. The largest absolute Gasteiger partial charge is 0.468 e. The average molecular weight is 365 g/mol. The fourth-order valence-electron chi connectivity index (χ4n) is 3.05. The normalized spacial score (nSPS) is 22.8. The molecule has 1 atom stereocenters. The molecule has 118 valence electrons. The van der Waals surface area contributed by atoms with Gasteiger partial charge in [-0.05, 0) is 43.4 Å². The number of hydrogen-bond acceptors (Lipinski definition) is 3. The van der Waals surface area contributed by atoms with E-state index in [2.05, 4.69) is 22.5 Å². The van der Waals surface area contributed by atoms with Crippen LogP contribution in [0.15, 0.2) is 40.9 Å². The molecule has 1 fully saturated rings. The van der Waals surface area contributed by atoms with E-state index in [0.29, 0.717) is 12.8 Å². The van der Waals surface area contributed by atoms with E-state index in [9.17, 15) is 9.59 Å². The van der Waals surface area contributed by atoms with Gasteiger partial charge in [0.25, 0.3) is 0 Å². The van der Waals surface area contributed by atoms with Crippen LogP contribution in [-0.2, 0) is 20.7 Å². The fraction of sp³-hybridized carbons (Fsp3) is 0.444. The van der Waals surface area contributed by atoms with Gasteiger partial charge in [0.1, 0.15) is 5.41 Å². The minimum absolute atomic E-state index is 0.0630. The van der Waals surface area contributed by atoms with Crippen molar-refractivity contribution in [2.75, 3.05) is 7.11 Å². The number of allylic oxidation sites excluding steroid dienone is 1. The van der Waals surface area contributed by atoms with Gasteiger partial charge in [0.05, 0.1) is 7.11 Å². The van der Waals surface area contributed by atoms with Gasteiger partial charge in [-0.1, -0.05) is 46.6 Å². The number of rotatable bonds is 3. The number of ketones is 1. The van der Waals surface area contributed by atoms with E-state index in [1.807, 2.05) is 24.3 Å². The van der Waals surface area contributed by atoms with E-state index in [0.717, 1.165) is 34.9 Å². The number of esters is 1. The van der Waals surface area contributed by atoms with Crippen LogP contribution in [0.3, 0.4) is 0 Å². The molecule has 3 nitrogen and oxygen atoms in total. The van der Waals surface area contributed by atoms with E-state index >= 15 is 0 Å². The Morgan fingerprint density at radius 2 is 2.00 bits per heavy atom. The van der Waals surface area contributed by atoms with Gasteiger partial charge < -0.3 is 4.74 Å². The van der Waals surface area contributed by atoms with Gasteiger partial charge in [-0.2, -0.15) is 0 Å². The smallest absolute Gasteiger partial charge is 0.319 e. The van der Waals surface area contributed by atoms with Gasteiger partial charge in [-0.15, -0.1) is 0 Å². The van der Waals surface area contributed by atoms with E-state index in [1.165, 1.54) is 7.11 Å². The molecule has 0 radical (unpaired) electrons. The number of ether oxygens (including phenoxy) is 1. The molecular weight excluding hydrogens is 344 g/mol. The standard InChI is InChI=1S/C18H21BrO3/c1-13-5-3-4-10-18(16(20)11-13,17(21)22-2)12-14-6-8-15(19)9-7-14/h6-9H,1,3-5,10-12H2,2H3. The third kappa shape index (κ3) is 3.67. The molecule has 0 aromatic heterocycles. The summed E-state index contributed by atoms with van der Waals surface area (Å²) in [6.45, 7) is 3.96. The minimum atomic E-state index is -1.08. The molecule has 0 heterocycles. The summed E-state index contributed by atoms with van der Waals surface area (Å²) in [5.41, 5.74) is 0.799. The quantitative estimate of drug-likeness (QED) is 0.457. The summed E-state index contributed by atoms with van der Waals surface area (Å²) < 4.78 is 5.97. The topological polar surface area (TPSA) is 43.4 Å². The third-order valence-electron chi connectivity index (χ3n) is 4.32. The molecule has 1 aliphatic rings. The summed E-state index contributed by atoms with van der Waals surface area (Å²) in [4.78, 5) is 25.3. The molecule has 1 saturated carbocycles. The van der Waals surface area contributed by atoms with Crippen LogP contribution in [0.4, 0.5) is 0 Å². The highest BCUT2D eigenvalue weighted by Gasteiger charge is 2.46. The summed E-state index contributed by atoms with van der Waals surface area (Å²) in [5, 5.41) is 0. The zero-order valence-electron chi connectivity index (χ0n) is 12.9. The molecule has 0 spiro atoms. The molecule has 22 heavy (non-hydrogen) atoms. The number of halogens is 1. The molecular formula is C18H21BrO3. The number of methoxy groups -OCH3 is 1. The lowest BCUT2D eigenvalue weighted by Gasteiger charge is -2.32. The summed E-state index contributed by atoms with van der Waals surface area (Å²) in [5.74, 6) is -0.484. The van der Waals surface area contributed by atoms with Gasteiger partial charge >= 0.3 is 5.97 Å². The van der Waals surface area contributed by atoms with Crippen molar-refractivity contribution >= 4 is 27.7 Å². The van der Waals surface area contributed by atoms with E-state index in [-0.39, 0.29) is 12.2 Å². The van der Waals surface area contributed by atoms with E-state index < -0.39 is 11.4 Å². The molecule has 1 aromatic carbocycles. The summed E-state index contributed by atoms with van der Waals surface area (Å²) in [7, 11) is 1.35. The van der Waals surface area contributed by atoms with Gasteiger partial charge in [-0.3, -0.25) is 9.59 Å². The van der Waals surface area contributed by atoms with Crippen LogP contribution in [-0.4, -0.2) is 18.9 Å². The molecule has 0 N–H and O–H groups in total. The van der Waals surface area contributed by atoms with Crippen molar-refractivity contribution in [1.29, 1.82) is 0 Å². The van der Waals surface area contributed by atoms with Crippen LogP contribution >= 0.6 is 15.9 Å². The van der Waals surface area contributed by atoms with Crippen molar-refractivity contribution < 1.29 is 14.3 Å². The molecule has 1 aliphatic carbocycles. The first-order valence-corrected chi connectivity index (χ1v) is 8.30. The first-order valence-electron chi connectivity index (χ1n) is 7.51. The van der Waals surface area contributed by atoms with E-state index in [1.54, 1.807) is 0 Å². The van der Waals surface area contributed by atoms with Crippen LogP contribution in [0.1, 0.15) is 37.7 Å². The van der Waals surface area contributed by atoms with Gasteiger partial charge in [0.2, 0.25) is 0 Å². The molecule has 4 heteroatoms. The predicted molar refractivity (Wildman–Crippen MR) is 89.5 cm³/mol. The van der Waals surface area contributed by atoms with Gasteiger partial charge in [-0.25, -0.2) is 0 Å². The number of Topliss-reactive ketones (excluding diaryl/α,β-unsaturated/α-hetero) is 1. The zero-order valence-corrected chi connectivity index (χ0v) is 14.4. The maximum Gasteiger partial charge on any atom is 0.319 e. The molecule has 1 aromatic rings. The second kappa shape index (κ2) is 7.23. The SMILES string of the molecule is C=C1CCCCC(Cc2ccc(Br)cc2)(C(=O)OC)C(=O)C1. The second-order valence-corrected chi connectivity index (χ2v) is 6.85. The number of carbonyl (C=O) groups excluding carboxylic acids is 2. The molecule has 0 saturated heterocycles. The van der Waals surface area contributed by atoms with Crippen LogP contribution in [0, 0.1) is 5.41 Å². The summed E-state index contributed by atoms with van der Waals surface area (Å²) in [6, 6.07) is 7.73. The van der Waals surface area contributed by atoms with Crippen LogP contribution < -0.4 is 0 Å². The maximum atomic E-state index is 12.8. The lowest BCUT2D eigenvalue weighted by molar-refractivity contribution is -0.158. The van der Waals surface area contributed by atoms with Gasteiger partial charge in [0, 0.05) is 10.9 Å². The Bertz CT molecular complexity index is 576. The molecule has 2 rings (SSSR count). The van der Waals surface area contributed by atoms with Crippen molar-refractivity contribution in [3.05, 3.63) is 46.5 Å². The Labute approximate surface area is 139 Å². The van der Waals surface area contributed by atoms with Crippen LogP contribution in [0.2, 0.25) is 0 Å². The average Bonchev–Trinajstić information content (AvgIpc) is 2.50. The Kier molecular flexibility index (Phi) is 5.57. The first-order chi connectivity index (χ1) is 10.5. The first kappa shape index (κ1) is 16.9. The monoisotopic (exact) mass is 364 g/mol. The van der Waals surface area contributed by atoms with Crippen molar-refractivity contribution in [2.45, 2.75) is 38.5 Å². The summed E-state index contributed by atoms with van der Waals surface area (Å²) >= 11 is 3.40. The van der Waals surface area contributed by atoms with Crippen molar-refractivity contribution in [3.8, 4) is 0 Å². The molecule has 1 unspecified atom stereocenters. The highest BCUT2D eigenvalue weighted by atomic mass is 79.9. The van der Waals surface area contributed by atoms with Crippen molar-refractivity contribution in [2.24, 2.45) is 5.41 Å². The predicted octanol–water partition coefficient (Wildman–Crippen LogP) is 4.24. The van der Waals surface area contributed by atoms with Crippen molar-refractivity contribution in [3.63, 3.8) is 0 Å². The van der Waals surface area contributed by atoms with Gasteiger partial charge in [0.15, 0.2) is 5.78 Å². The van der Waals surface area contributed by atoms with Crippen LogP contribution in [0.5, 0.6) is 0 Å². The molecule has 0 aliphatic heterocycles. The Balaban J connectivity index is 2.36. The lowest BCUT2D eigenvalue weighted by Crippen LogP contribution is -2.43. The van der Waals surface area contributed by atoms with E-state index in [4.69, 9.17) is 4.74 Å². The van der Waals surface area contributed by atoms with Crippen molar-refractivity contribution in [1.82, 2.24) is 0 Å². The highest BCUT2D eigenvalue weighted by molar-refractivity contribution is 9.10. The second-order valence-electron chi connectivity index (χ2n) is 5.93. The molecule has 0 bridgehead atoms. The Hall–Kier alpha value is -1.42. The zero-order chi connectivity index (χ0) is 16.2.